The molecule has 0 heterocycles. The lowest BCUT2D eigenvalue weighted by atomic mass is 10.2. The molecule has 0 aromatic carbocycles. The van der Waals surface area contributed by atoms with Crippen LogP contribution in [0.2, 0.25) is 0 Å². The van der Waals surface area contributed by atoms with Crippen LogP contribution in [-0.4, -0.2) is 70.2 Å². The van der Waals surface area contributed by atoms with Crippen LogP contribution >= 0.6 is 22.6 Å². The van der Waals surface area contributed by atoms with E-state index in [1.807, 2.05) is 0 Å². The Morgan fingerprint density at radius 3 is 1.53 bits per heavy atom. The molecule has 0 unspecified atom stereocenters. The van der Waals surface area contributed by atoms with E-state index in [9.17, 15) is 0 Å². The zero-order valence-corrected chi connectivity index (χ0v) is 11.4. The average Bonchev–Trinajstić information content (AvgIpc) is 2.19. The third kappa shape index (κ3) is 6.68. The standard InChI is InChI=1S/C10H23INO3/c11-3-1-2-4-12(5-8-13,6-9-14)7-10-15/h13-15H,1-10H2/q+1. The summed E-state index contributed by atoms with van der Waals surface area (Å²) in [6.45, 7) is 3.16. The second kappa shape index (κ2) is 9.77. The van der Waals surface area contributed by atoms with Crippen LogP contribution in [0.15, 0.2) is 0 Å². The molecule has 0 bridgehead atoms. The lowest BCUT2D eigenvalue weighted by Gasteiger charge is -2.37. The minimum absolute atomic E-state index is 0.115. The fourth-order valence-corrected chi connectivity index (χ4v) is 2.39. The highest BCUT2D eigenvalue weighted by Crippen LogP contribution is 2.09. The van der Waals surface area contributed by atoms with Crippen LogP contribution in [0, 0.1) is 0 Å². The van der Waals surface area contributed by atoms with Gasteiger partial charge < -0.3 is 19.8 Å². The monoisotopic (exact) mass is 332 g/mol. The van der Waals surface area contributed by atoms with E-state index in [4.69, 9.17) is 15.3 Å². The van der Waals surface area contributed by atoms with E-state index in [1.165, 1.54) is 0 Å². The van der Waals surface area contributed by atoms with E-state index in [2.05, 4.69) is 22.6 Å². The Hall–Kier alpha value is 0.570. The zero-order chi connectivity index (χ0) is 11.6. The Bertz CT molecular complexity index is 130. The molecule has 0 rings (SSSR count). The molecule has 92 valence electrons. The average molecular weight is 332 g/mol. The Labute approximate surface area is 106 Å². The van der Waals surface area contributed by atoms with E-state index in [0.717, 1.165) is 23.8 Å². The molecule has 0 saturated carbocycles. The van der Waals surface area contributed by atoms with E-state index >= 15 is 0 Å². The van der Waals surface area contributed by atoms with E-state index in [0.29, 0.717) is 24.1 Å². The molecular formula is C10H23INO3+. The molecular weight excluding hydrogens is 309 g/mol. The first-order valence-corrected chi connectivity index (χ1v) is 7.01. The number of hydrogen-bond donors (Lipinski definition) is 3. The number of unbranched alkanes of at least 4 members (excludes halogenated alkanes) is 1. The first-order valence-electron chi connectivity index (χ1n) is 5.48. The van der Waals surface area contributed by atoms with Crippen molar-refractivity contribution >= 4 is 22.6 Å². The number of nitrogens with zero attached hydrogens (tertiary/aromatic N) is 1. The normalized spacial score (nSPS) is 12.0. The molecule has 3 N–H and O–H groups in total. The van der Waals surface area contributed by atoms with Gasteiger partial charge in [-0.05, 0) is 17.3 Å². The SMILES string of the molecule is OCC[N+](CCO)(CCO)CCCCI. The summed E-state index contributed by atoms with van der Waals surface area (Å²) in [4.78, 5) is 0. The Kier molecular flexibility index (Phi) is 10.1. The molecule has 0 atom stereocenters. The summed E-state index contributed by atoms with van der Waals surface area (Å²) in [5, 5.41) is 27.1. The fraction of sp³-hybridized carbons (Fsp3) is 1.00. The number of alkyl halides is 1. The Morgan fingerprint density at radius 1 is 0.733 bits per heavy atom. The van der Waals surface area contributed by atoms with Crippen LogP contribution in [-0.2, 0) is 0 Å². The molecule has 0 aromatic rings. The van der Waals surface area contributed by atoms with E-state index < -0.39 is 0 Å². The quantitative estimate of drug-likeness (QED) is 0.228. The van der Waals surface area contributed by atoms with Crippen molar-refractivity contribution in [3.8, 4) is 0 Å². The van der Waals surface area contributed by atoms with E-state index in [-0.39, 0.29) is 19.8 Å². The third-order valence-corrected chi connectivity index (χ3v) is 3.50. The number of halogens is 1. The highest BCUT2D eigenvalue weighted by molar-refractivity contribution is 14.1. The number of aliphatic hydroxyl groups excluding tert-OH is 3. The minimum Gasteiger partial charge on any atom is -0.391 e. The molecule has 0 spiro atoms. The van der Waals surface area contributed by atoms with Gasteiger partial charge in [0.1, 0.15) is 19.6 Å². The number of rotatable bonds is 10. The lowest BCUT2D eigenvalue weighted by Crippen LogP contribution is -2.53. The van der Waals surface area contributed by atoms with Crippen molar-refractivity contribution in [2.24, 2.45) is 0 Å². The van der Waals surface area contributed by atoms with Crippen molar-refractivity contribution in [1.29, 1.82) is 0 Å². The van der Waals surface area contributed by atoms with Crippen LogP contribution in [0.5, 0.6) is 0 Å². The topological polar surface area (TPSA) is 60.7 Å². The van der Waals surface area contributed by atoms with Gasteiger partial charge in [0.25, 0.3) is 0 Å². The molecule has 0 aromatic heterocycles. The molecule has 0 amide bonds. The van der Waals surface area contributed by atoms with Crippen LogP contribution in [0.1, 0.15) is 12.8 Å². The van der Waals surface area contributed by atoms with E-state index in [1.54, 1.807) is 0 Å². The smallest absolute Gasteiger partial charge is 0.102 e. The zero-order valence-electron chi connectivity index (χ0n) is 9.24. The maximum Gasteiger partial charge on any atom is 0.102 e. The molecule has 4 nitrogen and oxygen atoms in total. The highest BCUT2D eigenvalue weighted by atomic mass is 127. The van der Waals surface area contributed by atoms with Gasteiger partial charge in [-0.2, -0.15) is 0 Å². The Morgan fingerprint density at radius 2 is 1.20 bits per heavy atom. The van der Waals surface area contributed by atoms with Crippen LogP contribution < -0.4 is 0 Å². The largest absolute Gasteiger partial charge is 0.391 e. The molecule has 0 aliphatic heterocycles. The van der Waals surface area contributed by atoms with Gasteiger partial charge in [0.2, 0.25) is 0 Å². The highest BCUT2D eigenvalue weighted by Gasteiger charge is 2.24. The van der Waals surface area contributed by atoms with Crippen LogP contribution in [0.25, 0.3) is 0 Å². The fourth-order valence-electron chi connectivity index (χ4n) is 1.85. The Balaban J connectivity index is 4.18. The van der Waals surface area contributed by atoms with Crippen molar-refractivity contribution in [2.75, 3.05) is 50.4 Å². The maximum absolute atomic E-state index is 9.03. The maximum atomic E-state index is 9.03. The van der Waals surface area contributed by atoms with Gasteiger partial charge in [-0.3, -0.25) is 0 Å². The lowest BCUT2D eigenvalue weighted by molar-refractivity contribution is -0.929. The summed E-state index contributed by atoms with van der Waals surface area (Å²) in [6.07, 6.45) is 2.24. The van der Waals surface area contributed by atoms with Crippen molar-refractivity contribution in [3.63, 3.8) is 0 Å². The van der Waals surface area contributed by atoms with Crippen molar-refractivity contribution in [1.82, 2.24) is 0 Å². The summed E-state index contributed by atoms with van der Waals surface area (Å²) >= 11 is 2.35. The molecule has 0 saturated heterocycles. The predicted molar refractivity (Wildman–Crippen MR) is 69.1 cm³/mol. The van der Waals surface area contributed by atoms with Crippen molar-refractivity contribution in [3.05, 3.63) is 0 Å². The summed E-state index contributed by atoms with van der Waals surface area (Å²) in [5.41, 5.74) is 0. The van der Waals surface area contributed by atoms with Gasteiger partial charge in [-0.15, -0.1) is 0 Å². The summed E-state index contributed by atoms with van der Waals surface area (Å²) in [7, 11) is 0. The minimum atomic E-state index is 0.115. The van der Waals surface area contributed by atoms with Crippen molar-refractivity contribution in [2.45, 2.75) is 12.8 Å². The molecule has 0 aliphatic rings. The molecule has 15 heavy (non-hydrogen) atoms. The third-order valence-electron chi connectivity index (χ3n) is 2.74. The van der Waals surface area contributed by atoms with Gasteiger partial charge in [-0.25, -0.2) is 0 Å². The number of quaternary nitrogens is 1. The summed E-state index contributed by atoms with van der Waals surface area (Å²) in [5.74, 6) is 0. The molecule has 0 aliphatic carbocycles. The number of aliphatic hydroxyl groups is 3. The van der Waals surface area contributed by atoms with Gasteiger partial charge in [0.15, 0.2) is 0 Å². The van der Waals surface area contributed by atoms with Gasteiger partial charge >= 0.3 is 0 Å². The summed E-state index contributed by atoms with van der Waals surface area (Å²) < 4.78 is 1.77. The predicted octanol–water partition coefficient (Wildman–Crippen LogP) is -0.00470. The molecule has 0 radical (unpaired) electrons. The van der Waals surface area contributed by atoms with Crippen molar-refractivity contribution < 1.29 is 19.8 Å². The summed E-state index contributed by atoms with van der Waals surface area (Å²) in [6, 6.07) is 0. The first-order chi connectivity index (χ1) is 7.24. The van der Waals surface area contributed by atoms with Gasteiger partial charge in [0, 0.05) is 0 Å². The van der Waals surface area contributed by atoms with Crippen LogP contribution in [0.3, 0.4) is 0 Å². The first kappa shape index (κ1) is 15.6. The molecule has 5 heteroatoms. The van der Waals surface area contributed by atoms with Crippen LogP contribution in [0.4, 0.5) is 0 Å². The second-order valence-electron chi connectivity index (χ2n) is 3.80. The second-order valence-corrected chi connectivity index (χ2v) is 4.88. The van der Waals surface area contributed by atoms with Gasteiger partial charge in [-0.1, -0.05) is 22.6 Å². The van der Waals surface area contributed by atoms with Gasteiger partial charge in [0.05, 0.1) is 26.4 Å². The molecule has 0 fully saturated rings. The number of hydrogen-bond acceptors (Lipinski definition) is 3.